The molecule has 0 aromatic rings. The van der Waals surface area contributed by atoms with E-state index in [0.29, 0.717) is 0 Å². The number of rotatable bonds is 10. The lowest BCUT2D eigenvalue weighted by atomic mass is 11.8. The largest absolute Gasteiger partial charge is 0.547 e. The summed E-state index contributed by atoms with van der Waals surface area (Å²) >= 11 is 0. The summed E-state index contributed by atoms with van der Waals surface area (Å²) in [6.45, 7) is 25.8. The van der Waals surface area contributed by atoms with Crippen LogP contribution in [-0.4, -0.2) is 52.3 Å². The number of hydrogen-bond donors (Lipinski definition) is 0. The molecule has 0 aliphatic rings. The van der Waals surface area contributed by atoms with Gasteiger partial charge in [-0.1, -0.05) is 0 Å². The molecule has 5 nitrogen and oxygen atoms in total. The lowest BCUT2D eigenvalue weighted by Gasteiger charge is -2.33. The van der Waals surface area contributed by atoms with Gasteiger partial charge < -0.3 is 20.6 Å². The first-order valence-corrected chi connectivity index (χ1v) is 24.1. The average molecular weight is 429 g/mol. The van der Waals surface area contributed by atoms with E-state index in [1.165, 1.54) is 0 Å². The Morgan fingerprint density at radius 1 is 0.391 bits per heavy atom. The Morgan fingerprint density at radius 3 is 0.696 bits per heavy atom. The van der Waals surface area contributed by atoms with Gasteiger partial charge in [-0.3, -0.25) is 0 Å². The molecular formula is C12H36O5Si6. The Kier molecular flexibility index (Phi) is 9.07. The molecule has 0 fully saturated rings. The molecule has 0 heterocycles. The van der Waals surface area contributed by atoms with E-state index in [1.54, 1.807) is 0 Å². The van der Waals surface area contributed by atoms with Crippen molar-refractivity contribution in [3.63, 3.8) is 0 Å². The minimum Gasteiger partial charge on any atom is -0.415 e. The second-order valence-electron chi connectivity index (χ2n) is 9.46. The molecule has 0 rings (SSSR count). The maximum atomic E-state index is 6.21. The van der Waals surface area contributed by atoms with Crippen molar-refractivity contribution in [1.29, 1.82) is 0 Å². The van der Waals surface area contributed by atoms with Gasteiger partial charge in [0.15, 0.2) is 33.3 Å². The van der Waals surface area contributed by atoms with Crippen LogP contribution >= 0.6 is 0 Å². The highest BCUT2D eigenvalue weighted by Crippen LogP contribution is 2.17. The molecule has 0 spiro atoms. The van der Waals surface area contributed by atoms with Crippen LogP contribution in [0.15, 0.2) is 0 Å². The van der Waals surface area contributed by atoms with Crippen LogP contribution in [0.5, 0.6) is 0 Å². The molecule has 0 N–H and O–H groups in total. The van der Waals surface area contributed by atoms with Crippen molar-refractivity contribution >= 4 is 52.3 Å². The highest BCUT2D eigenvalue weighted by molar-refractivity contribution is 6.83. The van der Waals surface area contributed by atoms with Crippen molar-refractivity contribution in [2.24, 2.45) is 0 Å². The van der Waals surface area contributed by atoms with Gasteiger partial charge in [-0.15, -0.1) is 0 Å². The van der Waals surface area contributed by atoms with E-state index in [9.17, 15) is 0 Å². The molecule has 0 aromatic heterocycles. The van der Waals surface area contributed by atoms with Crippen LogP contribution in [-0.2, 0) is 20.6 Å². The van der Waals surface area contributed by atoms with Crippen molar-refractivity contribution in [2.75, 3.05) is 0 Å². The minimum atomic E-state index is -1.84. The van der Waals surface area contributed by atoms with Crippen molar-refractivity contribution < 1.29 is 20.6 Å². The Bertz CT molecular complexity index is 289. The summed E-state index contributed by atoms with van der Waals surface area (Å²) in [4.78, 5) is 0. The SMILES string of the molecule is C[Si](C)(C)O[Si](O[Si](O[Si](C)(C)C)O[Si](C)(C)C)O[Si](C)(C)C. The van der Waals surface area contributed by atoms with Gasteiger partial charge in [0.2, 0.25) is 0 Å². The Labute approximate surface area is 151 Å². The van der Waals surface area contributed by atoms with Crippen LogP contribution in [0.4, 0.5) is 0 Å². The van der Waals surface area contributed by atoms with E-state index in [-0.39, 0.29) is 0 Å². The summed E-state index contributed by atoms with van der Waals surface area (Å²) in [7, 11) is -10.7. The molecule has 0 aromatic carbocycles. The Morgan fingerprint density at radius 2 is 0.565 bits per heavy atom. The maximum absolute atomic E-state index is 6.21. The standard InChI is InChI=1S/C12H36O5Si6/c1-20(2,3)14-18(15-21(4,5)6)13-19(16-22(7,8)9)17-23(10,11)12/h1-12H3. The fraction of sp³-hybridized carbons (Fsp3) is 1.00. The highest BCUT2D eigenvalue weighted by Gasteiger charge is 2.40. The fourth-order valence-electron chi connectivity index (χ4n) is 1.19. The normalized spacial score (nSPS) is 14.9. The maximum Gasteiger partial charge on any atom is 0.547 e. The van der Waals surface area contributed by atoms with Gasteiger partial charge in [0.25, 0.3) is 0 Å². The number of hydrogen-bond acceptors (Lipinski definition) is 5. The van der Waals surface area contributed by atoms with Crippen molar-refractivity contribution in [3.8, 4) is 0 Å². The molecule has 0 unspecified atom stereocenters. The zero-order valence-electron chi connectivity index (χ0n) is 17.0. The van der Waals surface area contributed by atoms with Crippen molar-refractivity contribution in [2.45, 2.75) is 78.6 Å². The van der Waals surface area contributed by atoms with Crippen LogP contribution in [0.2, 0.25) is 78.6 Å². The van der Waals surface area contributed by atoms with Gasteiger partial charge in [0, 0.05) is 0 Å². The summed E-state index contributed by atoms with van der Waals surface area (Å²) in [5, 5.41) is 0. The second-order valence-corrected chi connectivity index (χ2v) is 31.4. The van der Waals surface area contributed by atoms with Crippen LogP contribution in [0.1, 0.15) is 0 Å². The van der Waals surface area contributed by atoms with Gasteiger partial charge >= 0.3 is 19.1 Å². The van der Waals surface area contributed by atoms with Gasteiger partial charge in [-0.2, -0.15) is 0 Å². The lowest BCUT2D eigenvalue weighted by Crippen LogP contribution is -2.52. The first-order valence-electron chi connectivity index (χ1n) is 8.04. The van der Waals surface area contributed by atoms with Crippen LogP contribution in [0.25, 0.3) is 0 Å². The van der Waals surface area contributed by atoms with Crippen LogP contribution < -0.4 is 0 Å². The summed E-state index contributed by atoms with van der Waals surface area (Å²) in [5.41, 5.74) is 0. The lowest BCUT2D eigenvalue weighted by molar-refractivity contribution is 0.230. The molecule has 23 heavy (non-hydrogen) atoms. The smallest absolute Gasteiger partial charge is 0.415 e. The van der Waals surface area contributed by atoms with Crippen molar-refractivity contribution in [1.82, 2.24) is 0 Å². The molecule has 2 radical (unpaired) electrons. The molecule has 0 aliphatic heterocycles. The zero-order chi connectivity index (χ0) is 18.7. The quantitative estimate of drug-likeness (QED) is 0.483. The van der Waals surface area contributed by atoms with Crippen LogP contribution in [0, 0.1) is 0 Å². The predicted octanol–water partition coefficient (Wildman–Crippen LogP) is 4.38. The summed E-state index contributed by atoms with van der Waals surface area (Å²) in [6, 6.07) is 0. The molecule has 0 saturated heterocycles. The van der Waals surface area contributed by atoms with Gasteiger partial charge in [0.1, 0.15) is 0 Å². The summed E-state index contributed by atoms with van der Waals surface area (Å²) in [6.07, 6.45) is 0. The van der Waals surface area contributed by atoms with Gasteiger partial charge in [-0.05, 0) is 78.6 Å². The third kappa shape index (κ3) is 16.3. The zero-order valence-corrected chi connectivity index (χ0v) is 23.0. The summed E-state index contributed by atoms with van der Waals surface area (Å²) < 4.78 is 31.0. The van der Waals surface area contributed by atoms with E-state index in [1.807, 2.05) is 0 Å². The Balaban J connectivity index is 5.15. The minimum absolute atomic E-state index is 1.76. The van der Waals surface area contributed by atoms with E-state index in [0.717, 1.165) is 0 Å². The highest BCUT2D eigenvalue weighted by atomic mass is 28.5. The van der Waals surface area contributed by atoms with Gasteiger partial charge in [0.05, 0.1) is 0 Å². The van der Waals surface area contributed by atoms with Crippen molar-refractivity contribution in [3.05, 3.63) is 0 Å². The molecule has 0 aliphatic carbocycles. The monoisotopic (exact) mass is 428 g/mol. The topological polar surface area (TPSA) is 46.2 Å². The molecule has 0 bridgehead atoms. The molecule has 0 amide bonds. The summed E-state index contributed by atoms with van der Waals surface area (Å²) in [5.74, 6) is 0. The molecule has 0 atom stereocenters. The first kappa shape index (κ1) is 24.1. The second kappa shape index (κ2) is 8.66. The van der Waals surface area contributed by atoms with Crippen LogP contribution in [0.3, 0.4) is 0 Å². The van der Waals surface area contributed by atoms with E-state index in [4.69, 9.17) is 20.6 Å². The first-order chi connectivity index (χ1) is 9.86. The third-order valence-corrected chi connectivity index (χ3v) is 15.5. The predicted molar refractivity (Wildman–Crippen MR) is 110 cm³/mol. The van der Waals surface area contributed by atoms with E-state index < -0.39 is 52.3 Å². The Hall–Kier alpha value is 1.10. The molecule has 11 heteroatoms. The van der Waals surface area contributed by atoms with E-state index in [2.05, 4.69) is 78.6 Å². The molecule has 0 saturated carbocycles. The van der Waals surface area contributed by atoms with E-state index >= 15 is 0 Å². The average Bonchev–Trinajstić information content (AvgIpc) is 2.03. The van der Waals surface area contributed by atoms with Gasteiger partial charge in [-0.25, -0.2) is 0 Å². The molecule has 138 valence electrons. The fourth-order valence-corrected chi connectivity index (χ4v) is 13.0. The third-order valence-electron chi connectivity index (χ3n) is 1.72. The molecular weight excluding hydrogens is 393 g/mol.